The molecule has 7 nitrogen and oxygen atoms in total. The van der Waals surface area contributed by atoms with Crippen LogP contribution in [-0.2, 0) is 18.5 Å². The van der Waals surface area contributed by atoms with E-state index >= 15 is 0 Å². The second kappa shape index (κ2) is 13.2. The number of hydrogen-bond acceptors (Lipinski definition) is 6. The van der Waals surface area contributed by atoms with Crippen molar-refractivity contribution in [2.75, 3.05) is 40.6 Å². The predicted octanol–water partition coefficient (Wildman–Crippen LogP) is 2.43. The van der Waals surface area contributed by atoms with E-state index in [1.54, 1.807) is 16.6 Å². The van der Waals surface area contributed by atoms with Crippen molar-refractivity contribution in [1.82, 2.24) is 9.62 Å². The molecule has 0 aromatic heterocycles. The van der Waals surface area contributed by atoms with Gasteiger partial charge in [0.15, 0.2) is 0 Å². The second-order valence-corrected chi connectivity index (χ2v) is 8.22. The van der Waals surface area contributed by atoms with E-state index in [1.807, 2.05) is 26.1 Å². The van der Waals surface area contributed by atoms with Crippen molar-refractivity contribution in [1.29, 1.82) is 0 Å². The van der Waals surface area contributed by atoms with Crippen LogP contribution in [0, 0.1) is 12.3 Å². The zero-order chi connectivity index (χ0) is 20.9. The van der Waals surface area contributed by atoms with Crippen LogP contribution < -0.4 is 5.32 Å². The van der Waals surface area contributed by atoms with Crippen LogP contribution in [0.15, 0.2) is 35.5 Å². The van der Waals surface area contributed by atoms with Gasteiger partial charge in [-0.05, 0) is 25.8 Å². The highest BCUT2D eigenvalue weighted by Crippen LogP contribution is 2.42. The SMILES string of the molecule is C#C\C=C(/C=C(C)/C=C\CCCN(C)S(C)(O)OC)C(=O)NCC(=O)OC. The summed E-state index contributed by atoms with van der Waals surface area (Å²) in [6, 6.07) is 0. The quantitative estimate of drug-likeness (QED) is 0.183. The molecule has 0 aromatic rings. The Morgan fingerprint density at radius 3 is 2.59 bits per heavy atom. The molecule has 0 aliphatic rings. The number of amides is 1. The molecule has 0 spiro atoms. The highest BCUT2D eigenvalue weighted by atomic mass is 32.3. The fourth-order valence-electron chi connectivity index (χ4n) is 1.88. The van der Waals surface area contributed by atoms with Crippen LogP contribution >= 0.6 is 10.8 Å². The van der Waals surface area contributed by atoms with E-state index in [4.69, 9.17) is 10.6 Å². The van der Waals surface area contributed by atoms with Gasteiger partial charge in [-0.3, -0.25) is 18.3 Å². The number of rotatable bonds is 11. The first-order valence-corrected chi connectivity index (χ1v) is 10.2. The molecule has 2 N–H and O–H groups in total. The summed E-state index contributed by atoms with van der Waals surface area (Å²) < 4.78 is 21.3. The van der Waals surface area contributed by atoms with Crippen molar-refractivity contribution in [2.24, 2.45) is 0 Å². The standard InChI is InChI=1S/C19H30N2O5S/c1-7-11-17(19(23)20-15-18(22)25-4)14-16(2)12-9-8-10-13-21(3)27(6,24)26-5/h1,9,11-12,14,24H,8,10,13,15H2,2-6H3,(H,20,23)/b12-9-,16-14+,17-11+. The second-order valence-electron chi connectivity index (χ2n) is 5.74. The Hall–Kier alpha value is -2.05. The van der Waals surface area contributed by atoms with Crippen LogP contribution in [0.4, 0.5) is 0 Å². The molecule has 8 heteroatoms. The van der Waals surface area contributed by atoms with E-state index < -0.39 is 22.7 Å². The average molecular weight is 399 g/mol. The van der Waals surface area contributed by atoms with Crippen LogP contribution in [0.3, 0.4) is 0 Å². The van der Waals surface area contributed by atoms with Crippen LogP contribution in [0.5, 0.6) is 0 Å². The molecular weight excluding hydrogens is 368 g/mol. The van der Waals surface area contributed by atoms with E-state index in [1.165, 1.54) is 20.3 Å². The number of allylic oxidation sites excluding steroid dienone is 4. The molecule has 0 saturated heterocycles. The summed E-state index contributed by atoms with van der Waals surface area (Å²) in [6.07, 6.45) is 15.4. The highest BCUT2D eigenvalue weighted by Gasteiger charge is 2.14. The molecule has 0 aromatic carbocycles. The Bertz CT molecular complexity index is 633. The zero-order valence-electron chi connectivity index (χ0n) is 16.7. The van der Waals surface area contributed by atoms with Crippen molar-refractivity contribution in [3.63, 3.8) is 0 Å². The largest absolute Gasteiger partial charge is 0.468 e. The van der Waals surface area contributed by atoms with E-state index in [2.05, 4.69) is 16.0 Å². The van der Waals surface area contributed by atoms with Gasteiger partial charge in [0.25, 0.3) is 5.91 Å². The third-order valence-electron chi connectivity index (χ3n) is 3.62. The minimum absolute atomic E-state index is 0.221. The van der Waals surface area contributed by atoms with Crippen molar-refractivity contribution >= 4 is 22.7 Å². The molecule has 27 heavy (non-hydrogen) atoms. The average Bonchev–Trinajstić information content (AvgIpc) is 2.64. The van der Waals surface area contributed by atoms with Crippen LogP contribution in [0.2, 0.25) is 0 Å². The van der Waals surface area contributed by atoms with Gasteiger partial charge in [-0.1, -0.05) is 23.6 Å². The number of methoxy groups -OCH3 is 1. The smallest absolute Gasteiger partial charge is 0.325 e. The molecule has 0 heterocycles. The maximum absolute atomic E-state index is 12.1. The van der Waals surface area contributed by atoms with Gasteiger partial charge in [0.2, 0.25) is 0 Å². The lowest BCUT2D eigenvalue weighted by molar-refractivity contribution is -0.140. The molecule has 0 aliphatic heterocycles. The number of ether oxygens (including phenoxy) is 1. The molecule has 152 valence electrons. The number of hydrogen-bond donors (Lipinski definition) is 2. The predicted molar refractivity (Wildman–Crippen MR) is 110 cm³/mol. The van der Waals surface area contributed by atoms with Gasteiger partial charge in [-0.15, -0.1) is 17.2 Å². The topological polar surface area (TPSA) is 88.1 Å². The Morgan fingerprint density at radius 1 is 1.37 bits per heavy atom. The molecular formula is C19H30N2O5S. The van der Waals surface area contributed by atoms with Crippen molar-refractivity contribution in [3.8, 4) is 12.3 Å². The lowest BCUT2D eigenvalue weighted by Gasteiger charge is -2.40. The Labute approximate surface area is 164 Å². The number of carbonyl (C=O) groups excluding carboxylic acids is 2. The van der Waals surface area contributed by atoms with E-state index in [-0.39, 0.29) is 12.1 Å². The highest BCUT2D eigenvalue weighted by molar-refractivity contribution is 8.22. The number of esters is 1. The van der Waals surface area contributed by atoms with Crippen LogP contribution in [-0.4, -0.2) is 61.3 Å². The zero-order valence-corrected chi connectivity index (χ0v) is 17.5. The first kappa shape index (κ1) is 24.9. The third kappa shape index (κ3) is 10.6. The molecule has 0 saturated carbocycles. The Kier molecular flexibility index (Phi) is 12.2. The van der Waals surface area contributed by atoms with E-state index in [0.29, 0.717) is 6.54 Å². The molecule has 0 aliphatic carbocycles. The van der Waals surface area contributed by atoms with Crippen molar-refractivity contribution in [3.05, 3.63) is 35.5 Å². The number of unbranched alkanes of at least 4 members (excludes halogenated alkanes) is 1. The van der Waals surface area contributed by atoms with Gasteiger partial charge in [0, 0.05) is 31.5 Å². The maximum Gasteiger partial charge on any atom is 0.325 e. The normalized spacial score (nSPS) is 15.9. The number of carbonyl (C=O) groups is 2. The molecule has 1 atom stereocenters. The Balaban J connectivity index is 4.63. The molecule has 0 rings (SSSR count). The summed E-state index contributed by atoms with van der Waals surface area (Å²) in [7, 11) is 2.40. The number of terminal acetylenes is 1. The van der Waals surface area contributed by atoms with Gasteiger partial charge in [-0.2, -0.15) is 0 Å². The lowest BCUT2D eigenvalue weighted by atomic mass is 10.1. The molecule has 0 bridgehead atoms. The van der Waals surface area contributed by atoms with Gasteiger partial charge in [0.1, 0.15) is 6.54 Å². The number of nitrogens with one attached hydrogen (secondary N) is 1. The van der Waals surface area contributed by atoms with Gasteiger partial charge >= 0.3 is 5.97 Å². The minimum atomic E-state index is -2.15. The summed E-state index contributed by atoms with van der Waals surface area (Å²) >= 11 is 0. The van der Waals surface area contributed by atoms with Crippen molar-refractivity contribution in [2.45, 2.75) is 19.8 Å². The first-order valence-electron chi connectivity index (χ1n) is 8.31. The molecule has 1 unspecified atom stereocenters. The molecule has 0 radical (unpaired) electrons. The van der Waals surface area contributed by atoms with Crippen LogP contribution in [0.25, 0.3) is 0 Å². The fourth-order valence-corrected chi connectivity index (χ4v) is 2.60. The maximum atomic E-state index is 12.1. The van der Waals surface area contributed by atoms with Gasteiger partial charge < -0.3 is 10.1 Å². The van der Waals surface area contributed by atoms with E-state index in [0.717, 1.165) is 18.4 Å². The van der Waals surface area contributed by atoms with E-state index in [9.17, 15) is 14.1 Å². The van der Waals surface area contributed by atoms with Gasteiger partial charge in [0.05, 0.1) is 14.2 Å². The summed E-state index contributed by atoms with van der Waals surface area (Å²) in [5, 5.41) is 2.45. The summed E-state index contributed by atoms with van der Waals surface area (Å²) in [5.41, 5.74) is 1.12. The monoisotopic (exact) mass is 398 g/mol. The number of nitrogens with zero attached hydrogens (tertiary/aromatic N) is 1. The van der Waals surface area contributed by atoms with Gasteiger partial charge in [-0.25, -0.2) is 4.31 Å². The lowest BCUT2D eigenvalue weighted by Crippen LogP contribution is -2.30. The first-order chi connectivity index (χ1) is 12.7. The third-order valence-corrected chi connectivity index (χ3v) is 5.59. The summed E-state index contributed by atoms with van der Waals surface area (Å²) in [4.78, 5) is 23.2. The molecule has 0 fully saturated rings. The minimum Gasteiger partial charge on any atom is -0.468 e. The molecule has 1 amide bonds. The fraction of sp³-hybridized carbons (Fsp3) is 0.474. The summed E-state index contributed by atoms with van der Waals surface area (Å²) in [5.74, 6) is 1.33. The van der Waals surface area contributed by atoms with Crippen molar-refractivity contribution < 1.29 is 23.1 Å². The summed E-state index contributed by atoms with van der Waals surface area (Å²) in [6.45, 7) is 2.32. The van der Waals surface area contributed by atoms with Crippen LogP contribution in [0.1, 0.15) is 19.8 Å². The Morgan fingerprint density at radius 2 is 2.04 bits per heavy atom.